The number of ether oxygens (including phenoxy) is 2. The van der Waals surface area contributed by atoms with Crippen molar-refractivity contribution in [1.82, 2.24) is 10.4 Å². The van der Waals surface area contributed by atoms with E-state index in [9.17, 15) is 4.79 Å². The summed E-state index contributed by atoms with van der Waals surface area (Å²) in [5.74, 6) is 0.733. The number of para-hydroxylation sites is 1. The number of nitrogens with zero attached hydrogens (tertiary/aromatic N) is 2. The second-order valence-corrected chi connectivity index (χ2v) is 9.88. The zero-order valence-corrected chi connectivity index (χ0v) is 23.2. The minimum atomic E-state index is -0.338. The number of rotatable bonds is 8. The summed E-state index contributed by atoms with van der Waals surface area (Å²) in [6.45, 7) is 0.323. The molecule has 1 aromatic heterocycles. The third-order valence-corrected chi connectivity index (χ3v) is 6.76. The summed E-state index contributed by atoms with van der Waals surface area (Å²) in [7, 11) is 1.57. The zero-order valence-electron chi connectivity index (χ0n) is 20.9. The summed E-state index contributed by atoms with van der Waals surface area (Å²) in [5.41, 5.74) is 7.14. The predicted octanol–water partition coefficient (Wildman–Crippen LogP) is 7.67. The molecule has 5 aromatic rings. The topological polar surface area (TPSA) is 72.8 Å². The maximum absolute atomic E-state index is 13.2. The first-order valence-corrected chi connectivity index (χ1v) is 13.2. The second kappa shape index (κ2) is 12.1. The molecular weight excluding hydrogens is 578 g/mol. The van der Waals surface area contributed by atoms with Crippen LogP contribution in [0.1, 0.15) is 21.5 Å². The van der Waals surface area contributed by atoms with Gasteiger partial charge in [-0.15, -0.1) is 0 Å². The Kier molecular flexibility index (Phi) is 8.20. The van der Waals surface area contributed by atoms with Crippen LogP contribution in [0.5, 0.6) is 11.5 Å². The van der Waals surface area contributed by atoms with Gasteiger partial charge in [0, 0.05) is 16.0 Å². The highest BCUT2D eigenvalue weighted by atomic mass is 79.9. The quantitative estimate of drug-likeness (QED) is 0.147. The largest absolute Gasteiger partial charge is 0.493 e. The van der Waals surface area contributed by atoms with Crippen molar-refractivity contribution in [2.45, 2.75) is 6.61 Å². The van der Waals surface area contributed by atoms with Gasteiger partial charge < -0.3 is 9.47 Å². The van der Waals surface area contributed by atoms with Crippen molar-refractivity contribution in [1.29, 1.82) is 0 Å². The summed E-state index contributed by atoms with van der Waals surface area (Å²) in [5, 5.41) is 5.59. The molecule has 0 unspecified atom stereocenters. The maximum Gasteiger partial charge on any atom is 0.272 e. The highest BCUT2D eigenvalue weighted by Gasteiger charge is 2.14. The number of methoxy groups -OCH3 is 1. The minimum Gasteiger partial charge on any atom is -0.493 e. The third-order valence-electron chi connectivity index (χ3n) is 5.93. The molecule has 0 aliphatic carbocycles. The van der Waals surface area contributed by atoms with Crippen LogP contribution >= 0.6 is 27.5 Å². The fraction of sp³-hybridized carbons (Fsp3) is 0.0645. The van der Waals surface area contributed by atoms with Crippen LogP contribution < -0.4 is 14.9 Å². The first kappa shape index (κ1) is 26.4. The maximum atomic E-state index is 13.2. The van der Waals surface area contributed by atoms with Crippen LogP contribution in [0.25, 0.3) is 22.2 Å². The predicted molar refractivity (Wildman–Crippen MR) is 159 cm³/mol. The molecule has 6 nitrogen and oxygen atoms in total. The average molecular weight is 601 g/mol. The van der Waals surface area contributed by atoms with Gasteiger partial charge in [-0.05, 0) is 63.5 Å². The zero-order chi connectivity index (χ0) is 27.2. The van der Waals surface area contributed by atoms with Gasteiger partial charge in [0.25, 0.3) is 5.91 Å². The van der Waals surface area contributed by atoms with Gasteiger partial charge in [-0.25, -0.2) is 10.4 Å². The van der Waals surface area contributed by atoms with Crippen LogP contribution in [0.4, 0.5) is 0 Å². The number of fused-ring (bicyclic) bond motifs is 1. The molecule has 1 N–H and O–H groups in total. The number of hydrogen-bond donors (Lipinski definition) is 1. The van der Waals surface area contributed by atoms with Gasteiger partial charge in [0.05, 0.1) is 34.6 Å². The van der Waals surface area contributed by atoms with E-state index in [0.29, 0.717) is 44.4 Å². The van der Waals surface area contributed by atoms with Crippen LogP contribution in [0, 0.1) is 0 Å². The molecule has 4 aromatic carbocycles. The lowest BCUT2D eigenvalue weighted by Crippen LogP contribution is -2.18. The van der Waals surface area contributed by atoms with Crippen molar-refractivity contribution >= 4 is 50.6 Å². The van der Waals surface area contributed by atoms with Gasteiger partial charge in [-0.3, -0.25) is 4.79 Å². The molecular formula is C31H23BrClN3O3. The van der Waals surface area contributed by atoms with E-state index >= 15 is 0 Å². The Morgan fingerprint density at radius 1 is 1.00 bits per heavy atom. The number of hydrogen-bond acceptors (Lipinski definition) is 5. The number of amides is 1. The van der Waals surface area contributed by atoms with Crippen molar-refractivity contribution in [3.05, 3.63) is 123 Å². The Morgan fingerprint density at radius 3 is 2.59 bits per heavy atom. The smallest absolute Gasteiger partial charge is 0.272 e. The van der Waals surface area contributed by atoms with Crippen molar-refractivity contribution in [3.8, 4) is 22.8 Å². The van der Waals surface area contributed by atoms with E-state index in [-0.39, 0.29) is 5.91 Å². The Labute approximate surface area is 239 Å². The van der Waals surface area contributed by atoms with E-state index in [2.05, 4.69) is 26.5 Å². The van der Waals surface area contributed by atoms with Crippen molar-refractivity contribution in [2.75, 3.05) is 7.11 Å². The molecule has 0 saturated carbocycles. The summed E-state index contributed by atoms with van der Waals surface area (Å²) in [6, 6.07) is 30.2. The van der Waals surface area contributed by atoms with Crippen LogP contribution in [-0.2, 0) is 6.61 Å². The molecule has 0 radical (unpaired) electrons. The number of carbonyl (C=O) groups is 1. The summed E-state index contributed by atoms with van der Waals surface area (Å²) >= 11 is 9.63. The van der Waals surface area contributed by atoms with Gasteiger partial charge in [0.1, 0.15) is 6.61 Å². The van der Waals surface area contributed by atoms with E-state index in [4.69, 9.17) is 26.1 Å². The molecule has 0 saturated heterocycles. The first-order valence-electron chi connectivity index (χ1n) is 12.0. The van der Waals surface area contributed by atoms with Crippen LogP contribution in [0.15, 0.2) is 107 Å². The SMILES string of the molecule is COc1cc(/C=N\NC(=O)c2cc(-c3ccccc3)nc3ccccc23)cc(Br)c1OCc1cccc(Cl)c1. The highest BCUT2D eigenvalue weighted by Crippen LogP contribution is 2.37. The molecule has 0 aliphatic rings. The van der Waals surface area contributed by atoms with Gasteiger partial charge >= 0.3 is 0 Å². The number of halogens is 2. The molecule has 0 atom stereocenters. The van der Waals surface area contributed by atoms with E-state index in [1.165, 1.54) is 0 Å². The van der Waals surface area contributed by atoms with Crippen LogP contribution in [0.3, 0.4) is 0 Å². The van der Waals surface area contributed by atoms with E-state index in [0.717, 1.165) is 22.0 Å². The number of nitrogens with one attached hydrogen (secondary N) is 1. The Bertz CT molecular complexity index is 1680. The molecule has 8 heteroatoms. The Hall–Kier alpha value is -4.20. The third kappa shape index (κ3) is 6.28. The standard InChI is InChI=1S/C31H23BrClN3O3/c1-38-29-16-21(15-26(32)30(29)39-19-20-8-7-11-23(33)14-20)18-34-36-31(37)25-17-28(22-9-3-2-4-10-22)35-27-13-6-5-12-24(25)27/h2-18H,19H2,1H3,(H,36,37)/b34-18-. The molecule has 194 valence electrons. The number of hydrazone groups is 1. The van der Waals surface area contributed by atoms with Crippen molar-refractivity contribution in [2.24, 2.45) is 5.10 Å². The minimum absolute atomic E-state index is 0.323. The Balaban J connectivity index is 1.35. The van der Waals surface area contributed by atoms with Crippen molar-refractivity contribution < 1.29 is 14.3 Å². The van der Waals surface area contributed by atoms with E-state index < -0.39 is 0 Å². The van der Waals surface area contributed by atoms with Gasteiger partial charge in [-0.1, -0.05) is 72.3 Å². The van der Waals surface area contributed by atoms with Crippen LogP contribution in [-0.4, -0.2) is 24.2 Å². The van der Waals surface area contributed by atoms with E-state index in [1.807, 2.05) is 84.9 Å². The monoisotopic (exact) mass is 599 g/mol. The normalized spacial score (nSPS) is 11.1. The lowest BCUT2D eigenvalue weighted by atomic mass is 10.0. The highest BCUT2D eigenvalue weighted by molar-refractivity contribution is 9.10. The Morgan fingerprint density at radius 2 is 1.79 bits per heavy atom. The molecule has 0 bridgehead atoms. The first-order chi connectivity index (χ1) is 19.0. The number of carbonyl (C=O) groups excluding carboxylic acids is 1. The van der Waals surface area contributed by atoms with Gasteiger partial charge in [0.15, 0.2) is 11.5 Å². The summed E-state index contributed by atoms with van der Waals surface area (Å²) in [6.07, 6.45) is 1.55. The fourth-order valence-corrected chi connectivity index (χ4v) is 4.87. The number of aromatic nitrogens is 1. The van der Waals surface area contributed by atoms with Gasteiger partial charge in [-0.2, -0.15) is 5.10 Å². The number of benzene rings is 4. The fourth-order valence-electron chi connectivity index (χ4n) is 4.08. The van der Waals surface area contributed by atoms with Crippen LogP contribution in [0.2, 0.25) is 5.02 Å². The van der Waals surface area contributed by atoms with Gasteiger partial charge in [0.2, 0.25) is 0 Å². The summed E-state index contributed by atoms with van der Waals surface area (Å²) < 4.78 is 12.2. The molecule has 1 heterocycles. The van der Waals surface area contributed by atoms with Crippen molar-refractivity contribution in [3.63, 3.8) is 0 Å². The second-order valence-electron chi connectivity index (χ2n) is 8.59. The number of pyridine rings is 1. The van der Waals surface area contributed by atoms with E-state index in [1.54, 1.807) is 25.5 Å². The molecule has 5 rings (SSSR count). The molecule has 0 spiro atoms. The lowest BCUT2D eigenvalue weighted by molar-refractivity contribution is 0.0956. The lowest BCUT2D eigenvalue weighted by Gasteiger charge is -2.13. The molecule has 0 fully saturated rings. The molecule has 0 aliphatic heterocycles. The molecule has 39 heavy (non-hydrogen) atoms. The average Bonchev–Trinajstić information content (AvgIpc) is 2.96. The summed E-state index contributed by atoms with van der Waals surface area (Å²) in [4.78, 5) is 17.9. The molecule has 1 amide bonds.